The lowest BCUT2D eigenvalue weighted by atomic mass is 9.80. The second-order valence-electron chi connectivity index (χ2n) is 5.43. The van der Waals surface area contributed by atoms with Crippen molar-refractivity contribution in [2.75, 3.05) is 26.4 Å². The summed E-state index contributed by atoms with van der Waals surface area (Å²) in [6, 6.07) is 6.70. The average molecular weight is 267 g/mol. The molecule has 0 aliphatic carbocycles. The van der Waals surface area contributed by atoms with Crippen LogP contribution < -0.4 is 5.32 Å². The fourth-order valence-electron chi connectivity index (χ4n) is 2.46. The Kier molecular flexibility index (Phi) is 4.91. The number of aliphatic hydroxyl groups is 1. The predicted octanol–water partition coefficient (Wildman–Crippen LogP) is 2.27. The van der Waals surface area contributed by atoms with Crippen LogP contribution >= 0.6 is 0 Å². The van der Waals surface area contributed by atoms with Crippen molar-refractivity contribution in [2.45, 2.75) is 25.8 Å². The van der Waals surface area contributed by atoms with Gasteiger partial charge in [0.05, 0.1) is 6.61 Å². The maximum absolute atomic E-state index is 13.2. The van der Waals surface area contributed by atoms with Crippen LogP contribution in [0.2, 0.25) is 0 Å². The molecule has 1 atom stereocenters. The van der Waals surface area contributed by atoms with Gasteiger partial charge in [0.25, 0.3) is 0 Å². The van der Waals surface area contributed by atoms with E-state index in [1.807, 2.05) is 13.0 Å². The molecule has 1 aliphatic heterocycles. The van der Waals surface area contributed by atoms with Gasteiger partial charge in [-0.15, -0.1) is 0 Å². The Morgan fingerprint density at radius 1 is 1.42 bits per heavy atom. The topological polar surface area (TPSA) is 41.5 Å². The highest BCUT2D eigenvalue weighted by Crippen LogP contribution is 2.30. The quantitative estimate of drug-likeness (QED) is 0.860. The van der Waals surface area contributed by atoms with Crippen molar-refractivity contribution in [1.82, 2.24) is 5.32 Å². The minimum atomic E-state index is -0.214. The standard InChI is InChI=1S/C15H22FNO2/c1-12(13-3-2-4-14(16)9-13)17-10-15(11-18)5-7-19-8-6-15/h2-4,9,12,17-18H,5-8,10-11H2,1H3. The van der Waals surface area contributed by atoms with E-state index in [-0.39, 0.29) is 23.9 Å². The number of aliphatic hydroxyl groups excluding tert-OH is 1. The summed E-state index contributed by atoms with van der Waals surface area (Å²) in [5, 5.41) is 13.0. The van der Waals surface area contributed by atoms with Crippen LogP contribution in [0.25, 0.3) is 0 Å². The third kappa shape index (κ3) is 3.75. The summed E-state index contributed by atoms with van der Waals surface area (Å²) in [6.45, 7) is 4.32. The molecule has 3 nitrogen and oxygen atoms in total. The van der Waals surface area contributed by atoms with E-state index in [0.717, 1.165) is 24.9 Å². The van der Waals surface area contributed by atoms with Crippen LogP contribution in [0.1, 0.15) is 31.4 Å². The van der Waals surface area contributed by atoms with Crippen LogP contribution in [0, 0.1) is 11.2 Å². The first-order valence-corrected chi connectivity index (χ1v) is 6.83. The van der Waals surface area contributed by atoms with Crippen LogP contribution in [0.4, 0.5) is 4.39 Å². The molecule has 0 bridgehead atoms. The van der Waals surface area contributed by atoms with Gasteiger partial charge >= 0.3 is 0 Å². The zero-order valence-corrected chi connectivity index (χ0v) is 11.4. The second kappa shape index (κ2) is 6.46. The summed E-state index contributed by atoms with van der Waals surface area (Å²) in [7, 11) is 0. The van der Waals surface area contributed by atoms with E-state index in [1.165, 1.54) is 6.07 Å². The highest BCUT2D eigenvalue weighted by Gasteiger charge is 2.32. The normalized spacial score (nSPS) is 20.2. The molecule has 2 N–H and O–H groups in total. The summed E-state index contributed by atoms with van der Waals surface area (Å²) in [4.78, 5) is 0. The predicted molar refractivity (Wildman–Crippen MR) is 72.4 cm³/mol. The minimum Gasteiger partial charge on any atom is -0.396 e. The summed E-state index contributed by atoms with van der Waals surface area (Å²) in [5.41, 5.74) is 0.833. The van der Waals surface area contributed by atoms with Crippen LogP contribution in [-0.4, -0.2) is 31.5 Å². The number of nitrogens with one attached hydrogen (secondary N) is 1. The largest absolute Gasteiger partial charge is 0.396 e. The Balaban J connectivity index is 1.93. The molecular formula is C15H22FNO2. The van der Waals surface area contributed by atoms with Gasteiger partial charge in [0.1, 0.15) is 5.82 Å². The van der Waals surface area contributed by atoms with Crippen LogP contribution in [0.15, 0.2) is 24.3 Å². The number of rotatable bonds is 5. The van der Waals surface area contributed by atoms with Gasteiger partial charge < -0.3 is 15.2 Å². The Morgan fingerprint density at radius 2 is 2.16 bits per heavy atom. The Hall–Kier alpha value is -0.970. The summed E-state index contributed by atoms with van der Waals surface area (Å²) in [6.07, 6.45) is 1.73. The van der Waals surface area contributed by atoms with Gasteiger partial charge in [-0.05, 0) is 37.5 Å². The van der Waals surface area contributed by atoms with E-state index < -0.39 is 0 Å². The van der Waals surface area contributed by atoms with E-state index in [9.17, 15) is 9.50 Å². The smallest absolute Gasteiger partial charge is 0.123 e. The lowest BCUT2D eigenvalue weighted by Crippen LogP contribution is -2.42. The molecule has 2 rings (SSSR count). The molecule has 4 heteroatoms. The summed E-state index contributed by atoms with van der Waals surface area (Å²) < 4.78 is 18.5. The fraction of sp³-hybridized carbons (Fsp3) is 0.600. The third-order valence-electron chi connectivity index (χ3n) is 4.02. The number of hydrogen-bond donors (Lipinski definition) is 2. The zero-order chi connectivity index (χ0) is 13.7. The highest BCUT2D eigenvalue weighted by molar-refractivity contribution is 5.19. The van der Waals surface area contributed by atoms with Gasteiger partial charge in [-0.2, -0.15) is 0 Å². The van der Waals surface area contributed by atoms with Gasteiger partial charge in [0.2, 0.25) is 0 Å². The molecule has 1 saturated heterocycles. The maximum Gasteiger partial charge on any atom is 0.123 e. The molecule has 0 aromatic heterocycles. The molecule has 106 valence electrons. The van der Waals surface area contributed by atoms with E-state index >= 15 is 0 Å². The SMILES string of the molecule is CC(NCC1(CO)CCOCC1)c1cccc(F)c1. The monoisotopic (exact) mass is 267 g/mol. The molecule has 1 aliphatic rings. The van der Waals surface area contributed by atoms with Crippen molar-refractivity contribution in [3.05, 3.63) is 35.6 Å². The molecule has 0 saturated carbocycles. The van der Waals surface area contributed by atoms with Gasteiger partial charge in [-0.25, -0.2) is 4.39 Å². The summed E-state index contributed by atoms with van der Waals surface area (Å²) in [5.74, 6) is -0.214. The molecule has 1 fully saturated rings. The lowest BCUT2D eigenvalue weighted by molar-refractivity contribution is -0.0163. The number of halogens is 1. The van der Waals surface area contributed by atoms with Gasteiger partial charge in [-0.1, -0.05) is 12.1 Å². The van der Waals surface area contributed by atoms with E-state index in [1.54, 1.807) is 12.1 Å². The van der Waals surface area contributed by atoms with Crippen LogP contribution in [0.5, 0.6) is 0 Å². The number of hydrogen-bond acceptors (Lipinski definition) is 3. The minimum absolute atomic E-state index is 0.0713. The fourth-order valence-corrected chi connectivity index (χ4v) is 2.46. The third-order valence-corrected chi connectivity index (χ3v) is 4.02. The molecule has 0 spiro atoms. The summed E-state index contributed by atoms with van der Waals surface area (Å²) >= 11 is 0. The van der Waals surface area contributed by atoms with Crippen LogP contribution in [0.3, 0.4) is 0 Å². The molecule has 1 aromatic rings. The van der Waals surface area contributed by atoms with E-state index in [0.29, 0.717) is 13.2 Å². The van der Waals surface area contributed by atoms with E-state index in [2.05, 4.69) is 5.32 Å². The molecule has 19 heavy (non-hydrogen) atoms. The molecule has 1 heterocycles. The zero-order valence-electron chi connectivity index (χ0n) is 11.4. The number of benzene rings is 1. The first-order valence-electron chi connectivity index (χ1n) is 6.83. The molecule has 0 amide bonds. The highest BCUT2D eigenvalue weighted by atomic mass is 19.1. The molecular weight excluding hydrogens is 245 g/mol. The average Bonchev–Trinajstić information content (AvgIpc) is 2.46. The van der Waals surface area contributed by atoms with Crippen molar-refractivity contribution in [3.63, 3.8) is 0 Å². The first kappa shape index (κ1) is 14.4. The van der Waals surface area contributed by atoms with Crippen molar-refractivity contribution in [1.29, 1.82) is 0 Å². The van der Waals surface area contributed by atoms with Crippen molar-refractivity contribution in [2.24, 2.45) is 5.41 Å². The van der Waals surface area contributed by atoms with E-state index in [4.69, 9.17) is 4.74 Å². The number of ether oxygens (including phenoxy) is 1. The van der Waals surface area contributed by atoms with Gasteiger partial charge in [0.15, 0.2) is 0 Å². The Morgan fingerprint density at radius 3 is 2.79 bits per heavy atom. The Labute approximate surface area is 113 Å². The first-order chi connectivity index (χ1) is 9.15. The van der Waals surface area contributed by atoms with Crippen LogP contribution in [-0.2, 0) is 4.74 Å². The van der Waals surface area contributed by atoms with Crippen molar-refractivity contribution in [3.8, 4) is 0 Å². The second-order valence-corrected chi connectivity index (χ2v) is 5.43. The Bertz CT molecular complexity index is 405. The lowest BCUT2D eigenvalue weighted by Gasteiger charge is -2.36. The van der Waals surface area contributed by atoms with Crippen molar-refractivity contribution < 1.29 is 14.2 Å². The molecule has 1 aromatic carbocycles. The van der Waals surface area contributed by atoms with Crippen molar-refractivity contribution >= 4 is 0 Å². The van der Waals surface area contributed by atoms with Gasteiger partial charge in [-0.3, -0.25) is 0 Å². The van der Waals surface area contributed by atoms with Gasteiger partial charge in [0, 0.05) is 31.2 Å². The molecule has 1 unspecified atom stereocenters. The maximum atomic E-state index is 13.2. The molecule has 0 radical (unpaired) electrons.